The second-order valence-corrected chi connectivity index (χ2v) is 8.48. The van der Waals surface area contributed by atoms with Crippen molar-refractivity contribution in [3.05, 3.63) is 54.9 Å². The molecule has 0 atom stereocenters. The van der Waals surface area contributed by atoms with Crippen LogP contribution in [0.2, 0.25) is 0 Å². The maximum Gasteiger partial charge on any atom is 0.243 e. The van der Waals surface area contributed by atoms with Gasteiger partial charge in [0.25, 0.3) is 0 Å². The monoisotopic (exact) mass is 386 g/mol. The van der Waals surface area contributed by atoms with Crippen LogP contribution in [0.15, 0.2) is 59.8 Å². The standard InChI is InChI=1S/C19H22N4O3S/c1-26-16-6-8-17(9-7-16)27(24,25)23-12-10-21(11-13-23)15-22-14-20-18-4-2-3-5-19(18)22/h2-9,14H,10-13,15H2,1H3. The molecule has 27 heavy (non-hydrogen) atoms. The van der Waals surface area contributed by atoms with Crippen LogP contribution in [-0.2, 0) is 16.7 Å². The topological polar surface area (TPSA) is 67.7 Å². The van der Waals surface area contributed by atoms with Crippen LogP contribution >= 0.6 is 0 Å². The maximum atomic E-state index is 12.8. The summed E-state index contributed by atoms with van der Waals surface area (Å²) in [6.07, 6.45) is 1.84. The molecule has 1 saturated heterocycles. The fourth-order valence-corrected chi connectivity index (χ4v) is 4.77. The molecule has 0 saturated carbocycles. The van der Waals surface area contributed by atoms with Gasteiger partial charge in [0.2, 0.25) is 10.0 Å². The average Bonchev–Trinajstić information content (AvgIpc) is 3.11. The van der Waals surface area contributed by atoms with Crippen molar-refractivity contribution in [2.75, 3.05) is 33.3 Å². The molecule has 0 radical (unpaired) electrons. The van der Waals surface area contributed by atoms with Gasteiger partial charge in [0.05, 0.1) is 36.0 Å². The number of benzene rings is 2. The molecule has 0 N–H and O–H groups in total. The van der Waals surface area contributed by atoms with E-state index in [-0.39, 0.29) is 0 Å². The van der Waals surface area contributed by atoms with Crippen LogP contribution in [0.1, 0.15) is 0 Å². The summed E-state index contributed by atoms with van der Waals surface area (Å²) in [5.74, 6) is 0.645. The van der Waals surface area contributed by atoms with Crippen LogP contribution in [-0.4, -0.2) is 60.5 Å². The predicted octanol–water partition coefficient (Wildman–Crippen LogP) is 2.01. The highest BCUT2D eigenvalue weighted by atomic mass is 32.2. The van der Waals surface area contributed by atoms with Gasteiger partial charge in [-0.15, -0.1) is 0 Å². The first-order valence-corrected chi connectivity index (χ1v) is 10.3. The number of hydrogen-bond donors (Lipinski definition) is 0. The van der Waals surface area contributed by atoms with Crippen molar-refractivity contribution in [2.24, 2.45) is 0 Å². The van der Waals surface area contributed by atoms with Gasteiger partial charge in [0, 0.05) is 26.2 Å². The molecule has 2 heterocycles. The van der Waals surface area contributed by atoms with Crippen LogP contribution in [0.3, 0.4) is 0 Å². The molecule has 0 spiro atoms. The largest absolute Gasteiger partial charge is 0.497 e. The van der Waals surface area contributed by atoms with Crippen LogP contribution in [0, 0.1) is 0 Å². The Morgan fingerprint density at radius 3 is 2.41 bits per heavy atom. The number of imidazole rings is 1. The highest BCUT2D eigenvalue weighted by Crippen LogP contribution is 2.21. The maximum absolute atomic E-state index is 12.8. The van der Waals surface area contributed by atoms with E-state index in [9.17, 15) is 8.42 Å². The van der Waals surface area contributed by atoms with Gasteiger partial charge in [0.15, 0.2) is 0 Å². The van der Waals surface area contributed by atoms with Gasteiger partial charge in [-0.3, -0.25) is 4.90 Å². The molecule has 142 valence electrons. The third-order valence-electron chi connectivity index (χ3n) is 4.91. The van der Waals surface area contributed by atoms with Crippen molar-refractivity contribution in [3.8, 4) is 5.75 Å². The molecule has 2 aromatic carbocycles. The molecule has 4 rings (SSSR count). The Bertz CT molecular complexity index is 1020. The van der Waals surface area contributed by atoms with E-state index in [4.69, 9.17) is 4.74 Å². The van der Waals surface area contributed by atoms with E-state index < -0.39 is 10.0 Å². The van der Waals surface area contributed by atoms with Gasteiger partial charge in [-0.1, -0.05) is 12.1 Å². The van der Waals surface area contributed by atoms with E-state index in [1.54, 1.807) is 35.7 Å². The molecule has 1 aliphatic rings. The summed E-state index contributed by atoms with van der Waals surface area (Å²) >= 11 is 0. The van der Waals surface area contributed by atoms with E-state index >= 15 is 0 Å². The first-order valence-electron chi connectivity index (χ1n) is 8.84. The number of sulfonamides is 1. The van der Waals surface area contributed by atoms with Crippen molar-refractivity contribution in [2.45, 2.75) is 11.6 Å². The number of para-hydroxylation sites is 2. The summed E-state index contributed by atoms with van der Waals surface area (Å²) < 4.78 is 34.4. The average molecular weight is 386 g/mol. The van der Waals surface area contributed by atoms with Crippen molar-refractivity contribution in [1.29, 1.82) is 0 Å². The molecular formula is C19H22N4O3S. The number of nitrogens with zero attached hydrogens (tertiary/aromatic N) is 4. The van der Waals surface area contributed by atoms with Crippen LogP contribution in [0.5, 0.6) is 5.75 Å². The Morgan fingerprint density at radius 2 is 1.70 bits per heavy atom. The Morgan fingerprint density at radius 1 is 1.00 bits per heavy atom. The number of fused-ring (bicyclic) bond motifs is 1. The third kappa shape index (κ3) is 3.55. The first kappa shape index (κ1) is 18.0. The zero-order valence-electron chi connectivity index (χ0n) is 15.2. The van der Waals surface area contributed by atoms with E-state index in [0.29, 0.717) is 43.5 Å². The van der Waals surface area contributed by atoms with E-state index in [2.05, 4.69) is 14.5 Å². The molecule has 7 nitrogen and oxygen atoms in total. The smallest absolute Gasteiger partial charge is 0.243 e. The molecule has 0 bridgehead atoms. The Labute approximate surface area is 158 Å². The number of piperazine rings is 1. The van der Waals surface area contributed by atoms with E-state index in [1.165, 1.54) is 0 Å². The summed E-state index contributed by atoms with van der Waals surface area (Å²) in [4.78, 5) is 6.96. The number of aromatic nitrogens is 2. The minimum absolute atomic E-state index is 0.303. The zero-order chi connectivity index (χ0) is 18.9. The summed E-state index contributed by atoms with van der Waals surface area (Å²) in [5, 5.41) is 0. The molecule has 0 unspecified atom stereocenters. The van der Waals surface area contributed by atoms with Crippen LogP contribution in [0.25, 0.3) is 11.0 Å². The third-order valence-corrected chi connectivity index (χ3v) is 6.82. The van der Waals surface area contributed by atoms with Crippen molar-refractivity contribution in [1.82, 2.24) is 18.8 Å². The fourth-order valence-electron chi connectivity index (χ4n) is 3.35. The lowest BCUT2D eigenvalue weighted by molar-refractivity contribution is 0.154. The van der Waals surface area contributed by atoms with Crippen molar-refractivity contribution < 1.29 is 13.2 Å². The SMILES string of the molecule is COc1ccc(S(=O)(=O)N2CCN(Cn3cnc4ccccc43)CC2)cc1. The highest BCUT2D eigenvalue weighted by Gasteiger charge is 2.28. The number of rotatable bonds is 5. The van der Waals surface area contributed by atoms with E-state index in [0.717, 1.165) is 11.0 Å². The minimum Gasteiger partial charge on any atom is -0.497 e. The molecule has 3 aromatic rings. The van der Waals surface area contributed by atoms with Gasteiger partial charge in [-0.25, -0.2) is 13.4 Å². The summed E-state index contributed by atoms with van der Waals surface area (Å²) in [6.45, 7) is 3.02. The molecule has 8 heteroatoms. The summed E-state index contributed by atoms with van der Waals surface area (Å²) in [5.41, 5.74) is 2.06. The Balaban J connectivity index is 1.42. The lowest BCUT2D eigenvalue weighted by Crippen LogP contribution is -2.48. The van der Waals surface area contributed by atoms with Crippen molar-refractivity contribution >= 4 is 21.1 Å². The lowest BCUT2D eigenvalue weighted by atomic mass is 10.3. The number of methoxy groups -OCH3 is 1. The zero-order valence-corrected chi connectivity index (χ0v) is 16.0. The van der Waals surface area contributed by atoms with Gasteiger partial charge < -0.3 is 9.30 Å². The Hall–Kier alpha value is -2.42. The van der Waals surface area contributed by atoms with Crippen LogP contribution in [0.4, 0.5) is 0 Å². The van der Waals surface area contributed by atoms with Gasteiger partial charge in [-0.2, -0.15) is 4.31 Å². The molecule has 0 aliphatic carbocycles. The second-order valence-electron chi connectivity index (χ2n) is 6.54. The molecule has 1 aromatic heterocycles. The number of hydrogen-bond acceptors (Lipinski definition) is 5. The number of ether oxygens (including phenoxy) is 1. The quantitative estimate of drug-likeness (QED) is 0.671. The van der Waals surface area contributed by atoms with E-state index in [1.807, 2.05) is 30.6 Å². The highest BCUT2D eigenvalue weighted by molar-refractivity contribution is 7.89. The van der Waals surface area contributed by atoms with Crippen LogP contribution < -0.4 is 4.74 Å². The molecule has 0 amide bonds. The molecule has 1 fully saturated rings. The fraction of sp³-hybridized carbons (Fsp3) is 0.316. The van der Waals surface area contributed by atoms with Crippen molar-refractivity contribution in [3.63, 3.8) is 0 Å². The van der Waals surface area contributed by atoms with Gasteiger partial charge >= 0.3 is 0 Å². The lowest BCUT2D eigenvalue weighted by Gasteiger charge is -2.34. The summed E-state index contributed by atoms with van der Waals surface area (Å²) in [6, 6.07) is 14.6. The van der Waals surface area contributed by atoms with Gasteiger partial charge in [0.1, 0.15) is 5.75 Å². The minimum atomic E-state index is -3.48. The Kier molecular flexibility index (Phi) is 4.86. The summed E-state index contributed by atoms with van der Waals surface area (Å²) in [7, 11) is -1.91. The second kappa shape index (κ2) is 7.30. The molecular weight excluding hydrogens is 364 g/mol. The normalized spacial score (nSPS) is 16.6. The first-order chi connectivity index (χ1) is 13.1. The molecule has 1 aliphatic heterocycles. The predicted molar refractivity (Wildman–Crippen MR) is 103 cm³/mol. The van der Waals surface area contributed by atoms with Gasteiger partial charge in [-0.05, 0) is 36.4 Å².